The molecule has 2 aliphatic rings. The van der Waals surface area contributed by atoms with Gasteiger partial charge in [0.05, 0.1) is 22.6 Å². The summed E-state index contributed by atoms with van der Waals surface area (Å²) >= 11 is 8.53. The Morgan fingerprint density at radius 2 is 1.68 bits per heavy atom. The lowest BCUT2D eigenvalue weighted by Crippen LogP contribution is -2.45. The van der Waals surface area contributed by atoms with E-state index in [0.29, 0.717) is 59.6 Å². The van der Waals surface area contributed by atoms with Gasteiger partial charge in [0.2, 0.25) is 0 Å². The lowest BCUT2D eigenvalue weighted by molar-refractivity contribution is -0.0435. The van der Waals surface area contributed by atoms with Crippen molar-refractivity contribution in [2.75, 3.05) is 37.2 Å². The SMILES string of the molecule is C=C(/C=C\C(=C/C)N1CCN(C2=C(F)C(c3c(C(=O)O)c(C)n(C)c3-c3ccc(Cl)cc3)=CCC(F)=C2)CC1)NSc1ccc(N[C@H](C)CSc2ccccc2)c(S(=O)(=O)C(F)(F)F)c1. The van der Waals surface area contributed by atoms with Crippen molar-refractivity contribution in [3.63, 3.8) is 0 Å². The van der Waals surface area contributed by atoms with Gasteiger partial charge in [-0.25, -0.2) is 22.0 Å². The van der Waals surface area contributed by atoms with E-state index in [4.69, 9.17) is 11.6 Å². The van der Waals surface area contributed by atoms with Crippen LogP contribution >= 0.6 is 35.3 Å². The number of benzene rings is 3. The molecule has 0 unspecified atom stereocenters. The number of thioether (sulfide) groups is 1. The van der Waals surface area contributed by atoms with E-state index in [-0.39, 0.29) is 45.4 Å². The van der Waals surface area contributed by atoms with Crippen molar-refractivity contribution in [3.8, 4) is 11.3 Å². The highest BCUT2D eigenvalue weighted by Gasteiger charge is 2.48. The number of halogens is 6. The molecular weight excluding hydrogens is 925 g/mol. The second-order valence-electron chi connectivity index (χ2n) is 15.2. The Hall–Kier alpha value is -5.36. The fourth-order valence-corrected chi connectivity index (χ4v) is 10.1. The number of nitrogens with one attached hydrogen (secondary N) is 2. The number of hydrogen-bond acceptors (Lipinski definition) is 9. The van der Waals surface area contributed by atoms with Crippen LogP contribution in [0.1, 0.15) is 41.9 Å². The van der Waals surface area contributed by atoms with Crippen molar-refractivity contribution < 1.29 is 40.3 Å². The molecule has 0 amide bonds. The van der Waals surface area contributed by atoms with Crippen molar-refractivity contribution in [1.82, 2.24) is 19.1 Å². The minimum atomic E-state index is -5.71. The second-order valence-corrected chi connectivity index (χ2v) is 19.5. The Balaban J connectivity index is 1.13. The van der Waals surface area contributed by atoms with Crippen molar-refractivity contribution in [3.05, 3.63) is 160 Å². The Morgan fingerprint density at radius 1 is 1.00 bits per heavy atom. The minimum absolute atomic E-state index is 0.00421. The summed E-state index contributed by atoms with van der Waals surface area (Å²) < 4.78 is 104. The van der Waals surface area contributed by atoms with E-state index in [0.717, 1.165) is 34.7 Å². The molecule has 1 saturated heterocycles. The third-order valence-corrected chi connectivity index (χ3v) is 14.7. The molecule has 0 spiro atoms. The number of nitrogens with zero attached hydrogens (tertiary/aromatic N) is 3. The molecule has 3 aromatic carbocycles. The predicted octanol–water partition coefficient (Wildman–Crippen LogP) is 11.9. The van der Waals surface area contributed by atoms with Gasteiger partial charge in [-0.05, 0) is 99.0 Å². The average Bonchev–Trinajstić information content (AvgIpc) is 3.43. The number of alkyl halides is 3. The van der Waals surface area contributed by atoms with Crippen LogP contribution in [0.4, 0.5) is 27.6 Å². The summed E-state index contributed by atoms with van der Waals surface area (Å²) in [6.07, 6.45) is 7.61. The van der Waals surface area contributed by atoms with Crippen LogP contribution in [0.5, 0.6) is 0 Å². The molecule has 1 aromatic heterocycles. The normalized spacial score (nSPS) is 15.8. The summed E-state index contributed by atoms with van der Waals surface area (Å²) in [6, 6.07) is 19.6. The lowest BCUT2D eigenvalue weighted by atomic mass is 9.94. The highest BCUT2D eigenvalue weighted by molar-refractivity contribution is 7.99. The van der Waals surface area contributed by atoms with Crippen LogP contribution in [0.15, 0.2) is 153 Å². The standard InChI is InChI=1S/C47H47ClF5N5O4S3/c1-6-35(18-12-29(2)55-64-37-19-21-39(41(27-37)65(61,62)47(51,52)53)54-30(3)28-63-36-10-8-7-9-11-36)57-22-24-58(25-23-57)40-26-34(49)17-20-38(44(40)50)43-42(46(59)60)31(4)56(5)45(43)32-13-15-33(48)16-14-32/h6-16,18-21,26-27,30,54-55H,2,17,22-25,28H2,1,3-5H3,(H,59,60)/b18-12-,35-6+/t30-/m1/s1. The third kappa shape index (κ3) is 11.4. The molecule has 0 bridgehead atoms. The molecule has 0 saturated carbocycles. The first kappa shape index (κ1) is 49.1. The monoisotopic (exact) mass is 971 g/mol. The maximum Gasteiger partial charge on any atom is 0.501 e. The first-order chi connectivity index (χ1) is 30.8. The maximum absolute atomic E-state index is 17.0. The van der Waals surface area contributed by atoms with Crippen LogP contribution < -0.4 is 10.0 Å². The number of aromatic nitrogens is 1. The molecule has 4 aromatic rings. The molecule has 1 aliphatic heterocycles. The molecule has 3 N–H and O–H groups in total. The molecule has 9 nitrogen and oxygen atoms in total. The number of hydrogen-bond donors (Lipinski definition) is 3. The summed E-state index contributed by atoms with van der Waals surface area (Å²) in [7, 11) is -4.01. The highest BCUT2D eigenvalue weighted by Crippen LogP contribution is 2.43. The van der Waals surface area contributed by atoms with Crippen LogP contribution in [0, 0.1) is 6.92 Å². The average molecular weight is 973 g/mol. The summed E-state index contributed by atoms with van der Waals surface area (Å²) in [4.78, 5) is 16.7. The number of carboxylic acids is 1. The number of allylic oxidation sites excluding steroid dienone is 8. The van der Waals surface area contributed by atoms with Gasteiger partial charge in [-0.15, -0.1) is 11.8 Å². The summed E-state index contributed by atoms with van der Waals surface area (Å²) in [6.45, 7) is 10.6. The largest absolute Gasteiger partial charge is 0.501 e. The van der Waals surface area contributed by atoms with Crippen LogP contribution in [-0.2, 0) is 16.9 Å². The zero-order chi connectivity index (χ0) is 47.2. The van der Waals surface area contributed by atoms with E-state index in [1.165, 1.54) is 30.0 Å². The van der Waals surface area contributed by atoms with E-state index in [1.54, 1.807) is 66.8 Å². The number of carboxylic acid groups (broad SMARTS) is 1. The minimum Gasteiger partial charge on any atom is -0.478 e. The smallest absolute Gasteiger partial charge is 0.478 e. The van der Waals surface area contributed by atoms with Gasteiger partial charge in [-0.2, -0.15) is 13.2 Å². The Bertz CT molecular complexity index is 2710. The molecule has 344 valence electrons. The zero-order valence-electron chi connectivity index (χ0n) is 35.8. The molecule has 18 heteroatoms. The van der Waals surface area contributed by atoms with Gasteiger partial charge in [0, 0.05) is 94.5 Å². The molecule has 1 aliphatic carbocycles. The Kier molecular flexibility index (Phi) is 15.8. The lowest BCUT2D eigenvalue weighted by Gasteiger charge is -2.38. The van der Waals surface area contributed by atoms with E-state index < -0.39 is 37.9 Å². The van der Waals surface area contributed by atoms with Gasteiger partial charge in [0.1, 0.15) is 10.7 Å². The Morgan fingerprint density at radius 3 is 2.31 bits per heavy atom. The van der Waals surface area contributed by atoms with E-state index >= 15 is 8.78 Å². The Labute approximate surface area is 389 Å². The van der Waals surface area contributed by atoms with E-state index in [2.05, 4.69) is 16.6 Å². The van der Waals surface area contributed by atoms with E-state index in [9.17, 15) is 31.5 Å². The molecular formula is C47H47ClF5N5O4S3. The number of aromatic carboxylic acids is 1. The molecule has 0 radical (unpaired) electrons. The number of carbonyl (C=O) groups is 1. The maximum atomic E-state index is 17.0. The zero-order valence-corrected chi connectivity index (χ0v) is 39.1. The molecule has 1 atom stereocenters. The fourth-order valence-electron chi connectivity index (χ4n) is 7.42. The van der Waals surface area contributed by atoms with Gasteiger partial charge in [-0.1, -0.05) is 60.7 Å². The van der Waals surface area contributed by atoms with Gasteiger partial charge in [-0.3, -0.25) is 0 Å². The van der Waals surface area contributed by atoms with Crippen molar-refractivity contribution in [2.45, 2.75) is 53.4 Å². The first-order valence-corrected chi connectivity index (χ1v) is 24.0. The van der Waals surface area contributed by atoms with Crippen molar-refractivity contribution in [1.29, 1.82) is 0 Å². The number of piperazine rings is 1. The molecule has 6 rings (SSSR count). The van der Waals surface area contributed by atoms with Gasteiger partial charge in [0.15, 0.2) is 5.83 Å². The topological polar surface area (TPSA) is 107 Å². The predicted molar refractivity (Wildman–Crippen MR) is 252 cm³/mol. The molecule has 2 heterocycles. The van der Waals surface area contributed by atoms with Gasteiger partial charge >= 0.3 is 11.5 Å². The van der Waals surface area contributed by atoms with E-state index in [1.807, 2.05) is 48.2 Å². The van der Waals surface area contributed by atoms with Gasteiger partial charge in [0.25, 0.3) is 9.84 Å². The summed E-state index contributed by atoms with van der Waals surface area (Å²) in [5.41, 5.74) is -3.05. The second kappa shape index (κ2) is 20.9. The number of anilines is 1. The van der Waals surface area contributed by atoms with Crippen LogP contribution in [0.3, 0.4) is 0 Å². The number of rotatable bonds is 16. The van der Waals surface area contributed by atoms with Crippen molar-refractivity contribution >= 4 is 62.4 Å². The quantitative estimate of drug-likeness (QED) is 0.0435. The van der Waals surface area contributed by atoms with Crippen molar-refractivity contribution in [2.24, 2.45) is 7.05 Å². The molecule has 1 fully saturated rings. The van der Waals surface area contributed by atoms with Gasteiger partial charge < -0.3 is 29.5 Å². The van der Waals surface area contributed by atoms with Crippen LogP contribution in [-0.4, -0.2) is 77.3 Å². The fraction of sp³-hybridized carbons (Fsp3) is 0.255. The molecule has 65 heavy (non-hydrogen) atoms. The summed E-state index contributed by atoms with van der Waals surface area (Å²) in [5.74, 6) is -2.11. The highest BCUT2D eigenvalue weighted by atomic mass is 35.5. The summed E-state index contributed by atoms with van der Waals surface area (Å²) in [5, 5.41) is 13.8. The first-order valence-electron chi connectivity index (χ1n) is 20.3. The third-order valence-electron chi connectivity index (χ3n) is 10.8. The van der Waals surface area contributed by atoms with Crippen LogP contribution in [0.2, 0.25) is 5.02 Å². The van der Waals surface area contributed by atoms with Crippen LogP contribution in [0.25, 0.3) is 16.8 Å². The number of sulfone groups is 1.